The third-order valence-electron chi connectivity index (χ3n) is 5.22. The maximum absolute atomic E-state index is 13.9. The molecule has 2 aromatic heterocycles. The molecule has 158 valence electrons. The Morgan fingerprint density at radius 3 is 2.52 bits per heavy atom. The van der Waals surface area contributed by atoms with Gasteiger partial charge in [0.15, 0.2) is 11.6 Å². The van der Waals surface area contributed by atoms with Crippen LogP contribution in [0.3, 0.4) is 0 Å². The lowest BCUT2D eigenvalue weighted by Gasteiger charge is -2.09. The van der Waals surface area contributed by atoms with Gasteiger partial charge in [0.05, 0.1) is 24.9 Å². The van der Waals surface area contributed by atoms with E-state index in [4.69, 9.17) is 9.72 Å². The SMILES string of the molecule is COc1ccc(CNC(=O)Cc2c(-c3ccc(C)cc3)nc3ccc(C)cn23)cc1F. The van der Waals surface area contributed by atoms with E-state index in [9.17, 15) is 9.18 Å². The molecule has 1 N–H and O–H groups in total. The van der Waals surface area contributed by atoms with E-state index in [0.717, 1.165) is 33.7 Å². The van der Waals surface area contributed by atoms with Crippen LogP contribution in [-0.2, 0) is 17.8 Å². The lowest BCUT2D eigenvalue weighted by atomic mass is 10.1. The molecule has 0 saturated heterocycles. The number of methoxy groups -OCH3 is 1. The second kappa shape index (κ2) is 8.60. The second-order valence-corrected chi connectivity index (χ2v) is 7.63. The van der Waals surface area contributed by atoms with Crippen molar-refractivity contribution in [3.05, 3.63) is 89.0 Å². The van der Waals surface area contributed by atoms with Crippen LogP contribution in [0.25, 0.3) is 16.9 Å². The van der Waals surface area contributed by atoms with Crippen molar-refractivity contribution in [1.29, 1.82) is 0 Å². The van der Waals surface area contributed by atoms with Gasteiger partial charge in [-0.2, -0.15) is 0 Å². The number of amides is 1. The van der Waals surface area contributed by atoms with E-state index in [1.807, 2.05) is 60.8 Å². The van der Waals surface area contributed by atoms with Crippen LogP contribution in [-0.4, -0.2) is 22.4 Å². The predicted molar refractivity (Wildman–Crippen MR) is 119 cm³/mol. The first kappa shape index (κ1) is 20.6. The minimum Gasteiger partial charge on any atom is -0.494 e. The highest BCUT2D eigenvalue weighted by molar-refractivity contribution is 5.81. The number of aromatic nitrogens is 2. The summed E-state index contributed by atoms with van der Waals surface area (Å²) in [5.74, 6) is -0.431. The van der Waals surface area contributed by atoms with Gasteiger partial charge in [-0.15, -0.1) is 0 Å². The number of halogens is 1. The molecule has 6 heteroatoms. The largest absolute Gasteiger partial charge is 0.494 e. The zero-order chi connectivity index (χ0) is 22.0. The monoisotopic (exact) mass is 417 g/mol. The third kappa shape index (κ3) is 4.43. The van der Waals surface area contributed by atoms with E-state index in [-0.39, 0.29) is 24.6 Å². The summed E-state index contributed by atoms with van der Waals surface area (Å²) in [6.45, 7) is 4.27. The predicted octanol–water partition coefficient (Wildman–Crippen LogP) is 4.62. The van der Waals surface area contributed by atoms with Gasteiger partial charge in [-0.1, -0.05) is 42.0 Å². The highest BCUT2D eigenvalue weighted by Gasteiger charge is 2.17. The van der Waals surface area contributed by atoms with Crippen molar-refractivity contribution in [2.24, 2.45) is 0 Å². The van der Waals surface area contributed by atoms with Gasteiger partial charge in [-0.05, 0) is 43.2 Å². The molecular weight excluding hydrogens is 393 g/mol. The third-order valence-corrected chi connectivity index (χ3v) is 5.22. The van der Waals surface area contributed by atoms with E-state index in [1.165, 1.54) is 13.2 Å². The van der Waals surface area contributed by atoms with Gasteiger partial charge in [-0.3, -0.25) is 4.79 Å². The summed E-state index contributed by atoms with van der Waals surface area (Å²) < 4.78 is 20.8. The number of fused-ring (bicyclic) bond motifs is 1. The summed E-state index contributed by atoms with van der Waals surface area (Å²) in [6.07, 6.45) is 2.15. The first-order valence-corrected chi connectivity index (χ1v) is 10.1. The fourth-order valence-electron chi connectivity index (χ4n) is 3.55. The molecule has 5 nitrogen and oxygen atoms in total. The van der Waals surface area contributed by atoms with Gasteiger partial charge in [0.2, 0.25) is 5.91 Å². The highest BCUT2D eigenvalue weighted by Crippen LogP contribution is 2.26. The molecule has 0 radical (unpaired) electrons. The molecule has 2 heterocycles. The van der Waals surface area contributed by atoms with Crippen LogP contribution in [0.2, 0.25) is 0 Å². The van der Waals surface area contributed by atoms with Crippen molar-refractivity contribution in [3.8, 4) is 17.0 Å². The number of ether oxygens (including phenoxy) is 1. The zero-order valence-electron chi connectivity index (χ0n) is 17.8. The molecule has 0 fully saturated rings. The van der Waals surface area contributed by atoms with Crippen LogP contribution in [0.15, 0.2) is 60.8 Å². The molecule has 4 rings (SSSR count). The molecule has 0 bridgehead atoms. The summed E-state index contributed by atoms with van der Waals surface area (Å²) in [6, 6.07) is 16.7. The number of benzene rings is 2. The number of rotatable bonds is 6. The maximum atomic E-state index is 13.9. The molecule has 0 atom stereocenters. The fourth-order valence-corrected chi connectivity index (χ4v) is 3.55. The van der Waals surface area contributed by atoms with E-state index >= 15 is 0 Å². The van der Waals surface area contributed by atoms with Crippen LogP contribution in [0.4, 0.5) is 4.39 Å². The van der Waals surface area contributed by atoms with Gasteiger partial charge in [0.25, 0.3) is 0 Å². The first-order valence-electron chi connectivity index (χ1n) is 10.1. The van der Waals surface area contributed by atoms with Gasteiger partial charge in [0, 0.05) is 18.3 Å². The average molecular weight is 417 g/mol. The first-order chi connectivity index (χ1) is 14.9. The fraction of sp³-hybridized carbons (Fsp3) is 0.200. The van der Waals surface area contributed by atoms with Crippen molar-refractivity contribution in [1.82, 2.24) is 14.7 Å². The molecule has 0 aliphatic heterocycles. The Balaban J connectivity index is 1.60. The standard InChI is InChI=1S/C25H24FN3O2/c1-16-4-8-19(9-5-16)25-21(29-15-17(2)6-11-23(29)28-25)13-24(30)27-14-18-7-10-22(31-3)20(26)12-18/h4-12,15H,13-14H2,1-3H3,(H,27,30). The Morgan fingerprint density at radius 1 is 1.06 bits per heavy atom. The van der Waals surface area contributed by atoms with E-state index in [1.54, 1.807) is 12.1 Å². The summed E-state index contributed by atoms with van der Waals surface area (Å²) in [5.41, 5.74) is 6.27. The number of hydrogen-bond acceptors (Lipinski definition) is 3. The van der Waals surface area contributed by atoms with Crippen LogP contribution in [0.5, 0.6) is 5.75 Å². The number of carbonyl (C=O) groups excluding carboxylic acids is 1. The molecule has 31 heavy (non-hydrogen) atoms. The minimum absolute atomic E-state index is 0.159. The number of nitrogens with one attached hydrogen (secondary N) is 1. The maximum Gasteiger partial charge on any atom is 0.226 e. The molecule has 0 saturated carbocycles. The minimum atomic E-state index is -0.451. The molecule has 0 unspecified atom stereocenters. The van der Waals surface area contributed by atoms with Crippen molar-refractivity contribution in [2.75, 3.05) is 7.11 Å². The Labute approximate surface area is 180 Å². The molecule has 0 spiro atoms. The molecule has 2 aromatic carbocycles. The smallest absolute Gasteiger partial charge is 0.226 e. The number of pyridine rings is 1. The number of imidazole rings is 1. The van der Waals surface area contributed by atoms with E-state index < -0.39 is 5.82 Å². The number of nitrogens with zero attached hydrogens (tertiary/aromatic N) is 2. The van der Waals surface area contributed by atoms with Crippen molar-refractivity contribution in [2.45, 2.75) is 26.8 Å². The zero-order valence-corrected chi connectivity index (χ0v) is 17.8. The van der Waals surface area contributed by atoms with E-state index in [0.29, 0.717) is 5.56 Å². The molecule has 0 aliphatic carbocycles. The van der Waals surface area contributed by atoms with Crippen molar-refractivity contribution in [3.63, 3.8) is 0 Å². The number of aryl methyl sites for hydroxylation is 2. The number of hydrogen-bond donors (Lipinski definition) is 1. The van der Waals surface area contributed by atoms with Gasteiger partial charge >= 0.3 is 0 Å². The lowest BCUT2D eigenvalue weighted by molar-refractivity contribution is -0.120. The van der Waals surface area contributed by atoms with E-state index in [2.05, 4.69) is 5.32 Å². The highest BCUT2D eigenvalue weighted by atomic mass is 19.1. The molecular formula is C25H24FN3O2. The summed E-state index contributed by atoms with van der Waals surface area (Å²) in [4.78, 5) is 17.6. The molecule has 1 amide bonds. The lowest BCUT2D eigenvalue weighted by Crippen LogP contribution is -2.25. The second-order valence-electron chi connectivity index (χ2n) is 7.63. The normalized spacial score (nSPS) is 11.0. The summed E-state index contributed by atoms with van der Waals surface area (Å²) >= 11 is 0. The Kier molecular flexibility index (Phi) is 5.71. The van der Waals surface area contributed by atoms with Crippen LogP contribution < -0.4 is 10.1 Å². The Hall–Kier alpha value is -3.67. The number of carbonyl (C=O) groups is 1. The molecule has 4 aromatic rings. The van der Waals surface area contributed by atoms with Crippen LogP contribution >= 0.6 is 0 Å². The quantitative estimate of drug-likeness (QED) is 0.498. The summed E-state index contributed by atoms with van der Waals surface area (Å²) in [5, 5.41) is 2.88. The Bertz CT molecular complexity index is 1250. The van der Waals surface area contributed by atoms with Crippen molar-refractivity contribution >= 4 is 11.6 Å². The van der Waals surface area contributed by atoms with Crippen molar-refractivity contribution < 1.29 is 13.9 Å². The van der Waals surface area contributed by atoms with Gasteiger partial charge < -0.3 is 14.5 Å². The van der Waals surface area contributed by atoms with Crippen LogP contribution in [0, 0.1) is 19.7 Å². The van der Waals surface area contributed by atoms with Gasteiger partial charge in [0.1, 0.15) is 5.65 Å². The Morgan fingerprint density at radius 2 is 1.81 bits per heavy atom. The summed E-state index contributed by atoms with van der Waals surface area (Å²) in [7, 11) is 1.42. The molecule has 0 aliphatic rings. The van der Waals surface area contributed by atoms with Crippen LogP contribution in [0.1, 0.15) is 22.4 Å². The van der Waals surface area contributed by atoms with Gasteiger partial charge in [-0.25, -0.2) is 9.37 Å². The topological polar surface area (TPSA) is 55.6 Å². The average Bonchev–Trinajstić information content (AvgIpc) is 3.10.